The van der Waals surface area contributed by atoms with Crippen molar-refractivity contribution in [3.63, 3.8) is 0 Å². The summed E-state index contributed by atoms with van der Waals surface area (Å²) in [6, 6.07) is 5.94. The number of hydrogen-bond donors (Lipinski definition) is 0. The second kappa shape index (κ2) is 9.72. The fourth-order valence-corrected chi connectivity index (χ4v) is 4.28. The average molecular weight is 449 g/mol. The molecule has 1 amide bonds. The van der Waals surface area contributed by atoms with Gasteiger partial charge in [-0.25, -0.2) is 4.98 Å². The second-order valence-corrected chi connectivity index (χ2v) is 8.14. The van der Waals surface area contributed by atoms with Crippen LogP contribution in [0.5, 0.6) is 5.75 Å². The third-order valence-corrected chi connectivity index (χ3v) is 5.89. The van der Waals surface area contributed by atoms with E-state index in [0.29, 0.717) is 26.2 Å². The maximum atomic E-state index is 13.1. The van der Waals surface area contributed by atoms with Gasteiger partial charge in [0.05, 0.1) is 12.1 Å². The number of rotatable bonds is 5. The molecule has 0 saturated carbocycles. The van der Waals surface area contributed by atoms with Crippen LogP contribution in [0.1, 0.15) is 18.4 Å². The lowest BCUT2D eigenvalue weighted by atomic mass is 9.96. The molecule has 1 atom stereocenters. The Labute approximate surface area is 184 Å². The van der Waals surface area contributed by atoms with E-state index in [1.807, 2.05) is 4.90 Å². The van der Waals surface area contributed by atoms with E-state index in [-0.39, 0.29) is 17.6 Å². The Morgan fingerprint density at radius 2 is 1.81 bits per heavy atom. The van der Waals surface area contributed by atoms with Crippen LogP contribution in [0.3, 0.4) is 0 Å². The average Bonchev–Trinajstić information content (AvgIpc) is 2.80. The smallest absolute Gasteiger partial charge is 0.406 e. The van der Waals surface area contributed by atoms with Crippen molar-refractivity contribution in [2.24, 2.45) is 5.92 Å². The minimum Gasteiger partial charge on any atom is -0.406 e. The first-order chi connectivity index (χ1) is 15.4. The fourth-order valence-electron chi connectivity index (χ4n) is 4.28. The molecular formula is C22H26F3N5O2. The number of alkyl halides is 3. The summed E-state index contributed by atoms with van der Waals surface area (Å²) in [7, 11) is 0. The molecule has 0 aliphatic carbocycles. The van der Waals surface area contributed by atoms with Gasteiger partial charge in [0.25, 0.3) is 0 Å². The zero-order valence-electron chi connectivity index (χ0n) is 17.7. The highest BCUT2D eigenvalue weighted by atomic mass is 19.4. The number of ether oxygens (including phenoxy) is 1. The minimum absolute atomic E-state index is 0.0431. The molecule has 0 N–H and O–H groups in total. The summed E-state index contributed by atoms with van der Waals surface area (Å²) in [5, 5.41) is 0. The number of benzene rings is 1. The lowest BCUT2D eigenvalue weighted by Gasteiger charge is -2.39. The summed E-state index contributed by atoms with van der Waals surface area (Å²) < 4.78 is 40.8. The SMILES string of the molecule is O=C(C1CCCN(c2cnccn2)C1)N1CCN(Cc2ccc(OC(F)(F)F)cc2)CC1. The van der Waals surface area contributed by atoms with Gasteiger partial charge in [-0.05, 0) is 30.5 Å². The first-order valence-electron chi connectivity index (χ1n) is 10.7. The lowest BCUT2D eigenvalue weighted by Crippen LogP contribution is -2.52. The molecule has 1 aromatic carbocycles. The Morgan fingerprint density at radius 1 is 1.06 bits per heavy atom. The van der Waals surface area contributed by atoms with Crippen LogP contribution < -0.4 is 9.64 Å². The van der Waals surface area contributed by atoms with Crippen LogP contribution in [0.25, 0.3) is 0 Å². The number of carbonyl (C=O) groups excluding carboxylic acids is 1. The Bertz CT molecular complexity index is 887. The van der Waals surface area contributed by atoms with Crippen LogP contribution in [-0.4, -0.2) is 71.3 Å². The van der Waals surface area contributed by atoms with Crippen LogP contribution in [0.15, 0.2) is 42.9 Å². The van der Waals surface area contributed by atoms with Gasteiger partial charge in [0.15, 0.2) is 0 Å². The van der Waals surface area contributed by atoms with Crippen LogP contribution in [0, 0.1) is 5.92 Å². The fraction of sp³-hybridized carbons (Fsp3) is 0.500. The van der Waals surface area contributed by atoms with E-state index in [1.165, 1.54) is 12.1 Å². The van der Waals surface area contributed by atoms with Crippen molar-refractivity contribution in [2.45, 2.75) is 25.7 Å². The van der Waals surface area contributed by atoms with E-state index in [4.69, 9.17) is 0 Å². The van der Waals surface area contributed by atoms with Crippen LogP contribution in [0.2, 0.25) is 0 Å². The van der Waals surface area contributed by atoms with Gasteiger partial charge < -0.3 is 14.5 Å². The standard InChI is InChI=1S/C22H26F3N5O2/c23-22(24,25)32-19-5-3-17(4-6-19)15-28-10-12-29(13-11-28)21(31)18-2-1-9-30(16-18)20-14-26-7-8-27-20/h3-8,14,18H,1-2,9-13,15-16H2. The molecular weight excluding hydrogens is 423 g/mol. The molecule has 7 nitrogen and oxygen atoms in total. The largest absolute Gasteiger partial charge is 0.573 e. The van der Waals surface area contributed by atoms with Crippen molar-refractivity contribution in [3.8, 4) is 5.75 Å². The van der Waals surface area contributed by atoms with Gasteiger partial charge in [0.2, 0.25) is 5.91 Å². The maximum absolute atomic E-state index is 13.1. The zero-order chi connectivity index (χ0) is 22.6. The van der Waals surface area contributed by atoms with E-state index < -0.39 is 6.36 Å². The Morgan fingerprint density at radius 3 is 2.47 bits per heavy atom. The van der Waals surface area contributed by atoms with Crippen molar-refractivity contribution >= 4 is 11.7 Å². The third kappa shape index (κ3) is 5.87. The van der Waals surface area contributed by atoms with Crippen molar-refractivity contribution in [3.05, 3.63) is 48.4 Å². The maximum Gasteiger partial charge on any atom is 0.573 e. The van der Waals surface area contributed by atoms with Gasteiger partial charge in [0.1, 0.15) is 11.6 Å². The quantitative estimate of drug-likeness (QED) is 0.700. The van der Waals surface area contributed by atoms with Crippen molar-refractivity contribution in [1.29, 1.82) is 0 Å². The highest BCUT2D eigenvalue weighted by Crippen LogP contribution is 2.25. The molecule has 1 aromatic heterocycles. The summed E-state index contributed by atoms with van der Waals surface area (Å²) >= 11 is 0. The number of hydrogen-bond acceptors (Lipinski definition) is 6. The Balaban J connectivity index is 1.26. The molecule has 2 aliphatic heterocycles. The molecule has 3 heterocycles. The van der Waals surface area contributed by atoms with E-state index >= 15 is 0 Å². The zero-order valence-corrected chi connectivity index (χ0v) is 17.7. The number of piperidine rings is 1. The van der Waals surface area contributed by atoms with Gasteiger partial charge in [-0.2, -0.15) is 0 Å². The molecule has 4 rings (SSSR count). The topological polar surface area (TPSA) is 61.8 Å². The minimum atomic E-state index is -4.69. The van der Waals surface area contributed by atoms with Crippen molar-refractivity contribution < 1.29 is 22.7 Å². The summed E-state index contributed by atoms with van der Waals surface area (Å²) in [6.07, 6.45) is 2.17. The van der Waals surface area contributed by atoms with Gasteiger partial charge in [-0.3, -0.25) is 14.7 Å². The highest BCUT2D eigenvalue weighted by Gasteiger charge is 2.32. The number of anilines is 1. The van der Waals surface area contributed by atoms with Gasteiger partial charge in [-0.1, -0.05) is 12.1 Å². The van der Waals surface area contributed by atoms with Crippen molar-refractivity contribution in [2.75, 3.05) is 44.2 Å². The first-order valence-corrected chi connectivity index (χ1v) is 10.7. The van der Waals surface area contributed by atoms with Crippen LogP contribution in [-0.2, 0) is 11.3 Å². The molecule has 0 radical (unpaired) electrons. The van der Waals surface area contributed by atoms with Crippen LogP contribution >= 0.6 is 0 Å². The van der Waals surface area contributed by atoms with E-state index in [2.05, 4.69) is 24.5 Å². The van der Waals surface area contributed by atoms with Crippen LogP contribution in [0.4, 0.5) is 19.0 Å². The van der Waals surface area contributed by atoms with Gasteiger partial charge in [0, 0.05) is 58.2 Å². The molecule has 2 aromatic rings. The molecule has 0 bridgehead atoms. The molecule has 10 heteroatoms. The monoisotopic (exact) mass is 449 g/mol. The summed E-state index contributed by atoms with van der Waals surface area (Å²) in [4.78, 5) is 27.8. The lowest BCUT2D eigenvalue weighted by molar-refractivity contribution is -0.274. The highest BCUT2D eigenvalue weighted by molar-refractivity contribution is 5.80. The van der Waals surface area contributed by atoms with E-state index in [0.717, 1.165) is 43.9 Å². The molecule has 2 fully saturated rings. The summed E-state index contributed by atoms with van der Waals surface area (Å²) in [5.74, 6) is 0.728. The summed E-state index contributed by atoms with van der Waals surface area (Å²) in [6.45, 7) is 4.91. The molecule has 32 heavy (non-hydrogen) atoms. The number of piperazine rings is 1. The van der Waals surface area contributed by atoms with Crippen molar-refractivity contribution in [1.82, 2.24) is 19.8 Å². The van der Waals surface area contributed by atoms with E-state index in [9.17, 15) is 18.0 Å². The molecule has 172 valence electrons. The summed E-state index contributed by atoms with van der Waals surface area (Å²) in [5.41, 5.74) is 0.909. The normalized spacial score (nSPS) is 20.3. The molecule has 2 saturated heterocycles. The number of amides is 1. The predicted octanol–water partition coefficient (Wildman–Crippen LogP) is 2.94. The van der Waals surface area contributed by atoms with Gasteiger partial charge >= 0.3 is 6.36 Å². The Hall–Kier alpha value is -2.88. The second-order valence-electron chi connectivity index (χ2n) is 8.14. The van der Waals surface area contributed by atoms with Gasteiger partial charge in [-0.15, -0.1) is 13.2 Å². The number of aromatic nitrogens is 2. The predicted molar refractivity (Wildman–Crippen MR) is 112 cm³/mol. The number of nitrogens with zero attached hydrogens (tertiary/aromatic N) is 5. The first kappa shape index (κ1) is 22.3. The molecule has 2 aliphatic rings. The Kier molecular flexibility index (Phi) is 6.78. The number of halogens is 3. The molecule has 1 unspecified atom stereocenters. The number of carbonyl (C=O) groups is 1. The van der Waals surface area contributed by atoms with E-state index in [1.54, 1.807) is 30.7 Å². The third-order valence-electron chi connectivity index (χ3n) is 5.89. The molecule has 0 spiro atoms.